The zero-order chi connectivity index (χ0) is 7.28. The molecule has 0 aliphatic carbocycles. The Kier molecular flexibility index (Phi) is 5.04. The molecule has 2 nitrogen and oxygen atoms in total. The maximum Gasteiger partial charge on any atom is 0.0279 e. The standard InChI is InChI=1S/C6H15N2Si/c1-5(3-7)8-4-6(2)9/h5-6,8H,3-4,7H2,1-2H3. The highest BCUT2D eigenvalue weighted by Gasteiger charge is 1.97. The second-order valence-electron chi connectivity index (χ2n) is 2.45. The van der Waals surface area contributed by atoms with Crippen LogP contribution in [0.4, 0.5) is 0 Å². The average Bonchev–Trinajstić information content (AvgIpc) is 1.83. The van der Waals surface area contributed by atoms with Crippen LogP contribution in [0.2, 0.25) is 5.54 Å². The van der Waals surface area contributed by atoms with Gasteiger partial charge in [0.25, 0.3) is 0 Å². The number of rotatable bonds is 4. The Morgan fingerprint density at radius 2 is 2.11 bits per heavy atom. The monoisotopic (exact) mass is 143 g/mol. The van der Waals surface area contributed by atoms with Gasteiger partial charge in [0, 0.05) is 22.8 Å². The Bertz CT molecular complexity index is 66.1. The van der Waals surface area contributed by atoms with Gasteiger partial charge in [-0.25, -0.2) is 0 Å². The van der Waals surface area contributed by atoms with Crippen molar-refractivity contribution in [3.8, 4) is 0 Å². The molecule has 9 heavy (non-hydrogen) atoms. The van der Waals surface area contributed by atoms with Gasteiger partial charge in [-0.15, -0.1) is 0 Å². The third kappa shape index (κ3) is 6.02. The quantitative estimate of drug-likeness (QED) is 0.539. The van der Waals surface area contributed by atoms with Gasteiger partial charge in [-0.05, 0) is 19.0 Å². The minimum Gasteiger partial charge on any atom is -0.329 e. The van der Waals surface area contributed by atoms with Crippen molar-refractivity contribution in [2.24, 2.45) is 5.73 Å². The molecule has 3 heteroatoms. The van der Waals surface area contributed by atoms with E-state index < -0.39 is 0 Å². The maximum atomic E-state index is 5.38. The molecule has 0 fully saturated rings. The molecule has 0 spiro atoms. The molecular weight excluding hydrogens is 128 g/mol. The van der Waals surface area contributed by atoms with Crippen LogP contribution in [-0.2, 0) is 0 Å². The van der Waals surface area contributed by atoms with Gasteiger partial charge in [-0.1, -0.05) is 6.92 Å². The summed E-state index contributed by atoms with van der Waals surface area (Å²) in [5.41, 5.74) is 5.91. The first-order valence-corrected chi connectivity index (χ1v) is 3.89. The molecule has 0 aliphatic heterocycles. The predicted molar refractivity (Wildman–Crippen MR) is 41.7 cm³/mol. The van der Waals surface area contributed by atoms with E-state index in [1.807, 2.05) is 0 Å². The molecular formula is C6H15N2Si. The second kappa shape index (κ2) is 4.96. The fraction of sp³-hybridized carbons (Fsp3) is 1.00. The van der Waals surface area contributed by atoms with Crippen molar-refractivity contribution < 1.29 is 0 Å². The Labute approximate surface area is 60.6 Å². The lowest BCUT2D eigenvalue weighted by atomic mass is 10.3. The van der Waals surface area contributed by atoms with Crippen LogP contribution in [0.1, 0.15) is 13.8 Å². The number of nitrogens with one attached hydrogen (secondary N) is 1. The van der Waals surface area contributed by atoms with Crippen molar-refractivity contribution in [1.29, 1.82) is 0 Å². The molecule has 0 aromatic heterocycles. The SMILES string of the molecule is CC([Si])CNC(C)CN. The minimum absolute atomic E-state index is 0.434. The molecule has 53 valence electrons. The zero-order valence-corrected chi connectivity index (χ0v) is 7.15. The van der Waals surface area contributed by atoms with Gasteiger partial charge in [-0.3, -0.25) is 0 Å². The van der Waals surface area contributed by atoms with Crippen molar-refractivity contribution in [3.05, 3.63) is 0 Å². The van der Waals surface area contributed by atoms with Crippen molar-refractivity contribution >= 4 is 10.2 Å². The molecule has 0 rings (SSSR count). The van der Waals surface area contributed by atoms with Crippen LogP contribution in [0.25, 0.3) is 0 Å². The van der Waals surface area contributed by atoms with Crippen molar-refractivity contribution in [1.82, 2.24) is 5.32 Å². The van der Waals surface area contributed by atoms with E-state index in [1.54, 1.807) is 0 Å². The van der Waals surface area contributed by atoms with Crippen molar-refractivity contribution in [3.63, 3.8) is 0 Å². The van der Waals surface area contributed by atoms with Crippen molar-refractivity contribution in [2.75, 3.05) is 13.1 Å². The normalized spacial score (nSPS) is 17.3. The lowest BCUT2D eigenvalue weighted by Gasteiger charge is -2.12. The first-order valence-electron chi connectivity index (χ1n) is 3.31. The van der Waals surface area contributed by atoms with Crippen LogP contribution in [0.15, 0.2) is 0 Å². The fourth-order valence-electron chi connectivity index (χ4n) is 0.461. The fourth-order valence-corrected chi connectivity index (χ4v) is 0.579. The molecule has 0 aromatic carbocycles. The summed E-state index contributed by atoms with van der Waals surface area (Å²) in [7, 11) is 3.47. The van der Waals surface area contributed by atoms with Crippen LogP contribution < -0.4 is 11.1 Å². The summed E-state index contributed by atoms with van der Waals surface area (Å²) in [6.07, 6.45) is 0. The Hall–Kier alpha value is 0.137. The van der Waals surface area contributed by atoms with Gasteiger partial charge in [-0.2, -0.15) is 0 Å². The Balaban J connectivity index is 3.06. The number of hydrogen-bond acceptors (Lipinski definition) is 2. The third-order valence-corrected chi connectivity index (χ3v) is 1.33. The van der Waals surface area contributed by atoms with E-state index in [9.17, 15) is 0 Å². The van der Waals surface area contributed by atoms with E-state index in [0.717, 1.165) is 6.54 Å². The van der Waals surface area contributed by atoms with E-state index in [0.29, 0.717) is 18.1 Å². The topological polar surface area (TPSA) is 38.0 Å². The van der Waals surface area contributed by atoms with E-state index in [2.05, 4.69) is 29.4 Å². The highest BCUT2D eigenvalue weighted by molar-refractivity contribution is 6.11. The van der Waals surface area contributed by atoms with Crippen LogP contribution in [0.5, 0.6) is 0 Å². The summed E-state index contributed by atoms with van der Waals surface area (Å²) in [6, 6.07) is 0.434. The second-order valence-corrected chi connectivity index (χ2v) is 3.43. The van der Waals surface area contributed by atoms with E-state index in [4.69, 9.17) is 5.73 Å². The van der Waals surface area contributed by atoms with Crippen LogP contribution >= 0.6 is 0 Å². The highest BCUT2D eigenvalue weighted by atomic mass is 28.1. The molecule has 3 radical (unpaired) electrons. The largest absolute Gasteiger partial charge is 0.329 e. The third-order valence-electron chi connectivity index (χ3n) is 1.13. The molecule has 0 bridgehead atoms. The Morgan fingerprint density at radius 1 is 1.56 bits per heavy atom. The molecule has 0 heterocycles. The van der Waals surface area contributed by atoms with Gasteiger partial charge in [0.1, 0.15) is 0 Å². The number of nitrogens with two attached hydrogens (primary N) is 1. The predicted octanol–water partition coefficient (Wildman–Crippen LogP) is -0.0999. The lowest BCUT2D eigenvalue weighted by molar-refractivity contribution is 0.554. The van der Waals surface area contributed by atoms with Gasteiger partial charge in [0.2, 0.25) is 0 Å². The molecule has 0 saturated heterocycles. The molecule has 2 atom stereocenters. The van der Waals surface area contributed by atoms with Gasteiger partial charge in [0.05, 0.1) is 0 Å². The molecule has 2 unspecified atom stereocenters. The van der Waals surface area contributed by atoms with Crippen LogP contribution in [0.3, 0.4) is 0 Å². The Morgan fingerprint density at radius 3 is 2.44 bits per heavy atom. The first-order chi connectivity index (χ1) is 4.16. The van der Waals surface area contributed by atoms with E-state index in [1.165, 1.54) is 0 Å². The lowest BCUT2D eigenvalue weighted by Crippen LogP contribution is -2.34. The smallest absolute Gasteiger partial charge is 0.0279 e. The first kappa shape index (κ1) is 9.14. The van der Waals surface area contributed by atoms with Gasteiger partial charge < -0.3 is 11.1 Å². The van der Waals surface area contributed by atoms with Gasteiger partial charge >= 0.3 is 0 Å². The summed E-state index contributed by atoms with van der Waals surface area (Å²) < 4.78 is 0. The van der Waals surface area contributed by atoms with Gasteiger partial charge in [0.15, 0.2) is 0 Å². The zero-order valence-electron chi connectivity index (χ0n) is 6.15. The summed E-state index contributed by atoms with van der Waals surface area (Å²) in [5, 5.41) is 3.26. The summed E-state index contributed by atoms with van der Waals surface area (Å²) >= 11 is 0. The van der Waals surface area contributed by atoms with Crippen LogP contribution in [-0.4, -0.2) is 29.4 Å². The molecule has 0 saturated carbocycles. The van der Waals surface area contributed by atoms with E-state index in [-0.39, 0.29) is 0 Å². The summed E-state index contributed by atoms with van der Waals surface area (Å²) in [5.74, 6) is 0. The molecule has 0 amide bonds. The van der Waals surface area contributed by atoms with Crippen molar-refractivity contribution in [2.45, 2.75) is 25.4 Å². The summed E-state index contributed by atoms with van der Waals surface area (Å²) in [4.78, 5) is 0. The molecule has 0 aromatic rings. The van der Waals surface area contributed by atoms with E-state index >= 15 is 0 Å². The highest BCUT2D eigenvalue weighted by Crippen LogP contribution is 1.91. The summed E-state index contributed by atoms with van der Waals surface area (Å²) in [6.45, 7) is 5.87. The average molecular weight is 143 g/mol. The number of hydrogen-bond donors (Lipinski definition) is 2. The van der Waals surface area contributed by atoms with Crippen LogP contribution in [0, 0.1) is 0 Å². The maximum absolute atomic E-state index is 5.38. The minimum atomic E-state index is 0.434. The molecule has 0 aliphatic rings. The molecule has 3 N–H and O–H groups in total.